The highest BCUT2D eigenvalue weighted by Gasteiger charge is 2.30. The van der Waals surface area contributed by atoms with Crippen LogP contribution in [0.4, 0.5) is 15.3 Å². The van der Waals surface area contributed by atoms with Crippen LogP contribution in [0.15, 0.2) is 47.6 Å². The van der Waals surface area contributed by atoms with E-state index >= 15 is 0 Å². The Hall–Kier alpha value is -3.24. The highest BCUT2D eigenvalue weighted by Crippen LogP contribution is 2.34. The molecule has 0 saturated carbocycles. The summed E-state index contributed by atoms with van der Waals surface area (Å²) in [5, 5.41) is 8.82. The van der Waals surface area contributed by atoms with E-state index in [4.69, 9.17) is 19.3 Å². The number of anilines is 1. The van der Waals surface area contributed by atoms with Gasteiger partial charge in [-0.3, -0.25) is 10.1 Å². The van der Waals surface area contributed by atoms with Gasteiger partial charge in [0.05, 0.1) is 31.2 Å². The molecular weight excluding hydrogens is 492 g/mol. The Morgan fingerprint density at radius 2 is 1.89 bits per heavy atom. The van der Waals surface area contributed by atoms with Crippen LogP contribution in [0.1, 0.15) is 38.3 Å². The van der Waals surface area contributed by atoms with Crippen molar-refractivity contribution in [3.8, 4) is 11.5 Å². The predicted octanol–water partition coefficient (Wildman–Crippen LogP) is 5.44. The van der Waals surface area contributed by atoms with Crippen LogP contribution in [-0.2, 0) is 11.3 Å². The summed E-state index contributed by atoms with van der Waals surface area (Å²) in [5.41, 5.74) is 3.21. The molecule has 1 heterocycles. The number of nitrogens with one attached hydrogen (secondary N) is 1. The Kier molecular flexibility index (Phi) is 10.2. The van der Waals surface area contributed by atoms with Crippen molar-refractivity contribution in [2.24, 2.45) is 5.10 Å². The van der Waals surface area contributed by atoms with Crippen LogP contribution < -0.4 is 14.8 Å². The molecule has 200 valence electrons. The lowest BCUT2D eigenvalue weighted by Gasteiger charge is -2.28. The van der Waals surface area contributed by atoms with Gasteiger partial charge in [0, 0.05) is 17.8 Å². The average Bonchev–Trinajstić information content (AvgIpc) is 2.85. The van der Waals surface area contributed by atoms with Gasteiger partial charge in [-0.05, 0) is 70.3 Å². The maximum atomic E-state index is 12.9. The quantitative estimate of drug-likeness (QED) is 0.415. The number of carbonyl (C=O) groups excluding carboxylic acids is 2. The van der Waals surface area contributed by atoms with Crippen LogP contribution in [0.3, 0.4) is 0 Å². The molecule has 9 nitrogen and oxygen atoms in total. The Balaban J connectivity index is 1.73. The topological polar surface area (TPSA) is 92.7 Å². The fourth-order valence-corrected chi connectivity index (χ4v) is 4.88. The van der Waals surface area contributed by atoms with E-state index in [9.17, 15) is 9.59 Å². The van der Waals surface area contributed by atoms with E-state index in [1.54, 1.807) is 19.2 Å². The van der Waals surface area contributed by atoms with Gasteiger partial charge in [0.25, 0.3) is 0 Å². The molecule has 0 saturated heterocycles. The van der Waals surface area contributed by atoms with E-state index in [0.29, 0.717) is 36.9 Å². The number of ether oxygens (including phenoxy) is 3. The molecule has 37 heavy (non-hydrogen) atoms. The maximum Gasteiger partial charge on any atom is 0.411 e. The zero-order valence-corrected chi connectivity index (χ0v) is 23.1. The Morgan fingerprint density at radius 1 is 1.16 bits per heavy atom. The van der Waals surface area contributed by atoms with Crippen molar-refractivity contribution in [2.75, 3.05) is 39.7 Å². The molecule has 2 unspecified atom stereocenters. The van der Waals surface area contributed by atoms with Crippen LogP contribution in [0, 0.1) is 0 Å². The van der Waals surface area contributed by atoms with Crippen LogP contribution in [0.25, 0.3) is 0 Å². The molecular formula is C27H36N4O5S. The molecule has 0 aromatic heterocycles. The summed E-state index contributed by atoms with van der Waals surface area (Å²) in [6.45, 7) is 7.27. The second kappa shape index (κ2) is 13.3. The Bertz CT molecular complexity index is 1110. The lowest BCUT2D eigenvalue weighted by atomic mass is 10.0. The minimum atomic E-state index is -0.504. The minimum Gasteiger partial charge on any atom is -0.493 e. The summed E-state index contributed by atoms with van der Waals surface area (Å²) in [7, 11) is 5.45. The standard InChI is InChI=1S/C27H36N4O5S/c1-7-24-25(20-11-14-22(34-6)23(15-20)35-8-2)29-31(27(33)37-24)17-19-9-12-21(13-10-19)28-26(32)36-18(3)16-30(4)5/h9-15,18,24H,7-8,16-17H2,1-6H3,(H,28,32). The Morgan fingerprint density at radius 3 is 2.51 bits per heavy atom. The van der Waals surface area contributed by atoms with E-state index in [-0.39, 0.29) is 16.6 Å². The van der Waals surface area contributed by atoms with Crippen molar-refractivity contribution in [1.82, 2.24) is 9.91 Å². The molecule has 0 aliphatic carbocycles. The molecule has 1 aliphatic rings. The summed E-state index contributed by atoms with van der Waals surface area (Å²) in [5.74, 6) is 1.30. The fraction of sp³-hybridized carbons (Fsp3) is 0.444. The molecule has 10 heteroatoms. The molecule has 3 rings (SSSR count). The van der Waals surface area contributed by atoms with Gasteiger partial charge in [0.2, 0.25) is 0 Å². The number of carbonyl (C=O) groups is 2. The van der Waals surface area contributed by atoms with Gasteiger partial charge in [-0.15, -0.1) is 0 Å². The first-order chi connectivity index (χ1) is 17.7. The van der Waals surface area contributed by atoms with E-state index < -0.39 is 6.09 Å². The molecule has 0 fully saturated rings. The predicted molar refractivity (Wildman–Crippen MR) is 148 cm³/mol. The zero-order chi connectivity index (χ0) is 26.9. The molecule has 2 amide bonds. The lowest BCUT2D eigenvalue weighted by Crippen LogP contribution is -2.34. The first kappa shape index (κ1) is 28.3. The van der Waals surface area contributed by atoms with Gasteiger partial charge in [0.15, 0.2) is 11.5 Å². The zero-order valence-electron chi connectivity index (χ0n) is 22.3. The highest BCUT2D eigenvalue weighted by molar-refractivity contribution is 8.14. The third kappa shape index (κ3) is 7.87. The minimum absolute atomic E-state index is 0.0564. The molecule has 1 N–H and O–H groups in total. The normalized spacial score (nSPS) is 16.3. The fourth-order valence-electron chi connectivity index (χ4n) is 3.95. The summed E-state index contributed by atoms with van der Waals surface area (Å²) >= 11 is 1.27. The number of amides is 2. The molecule has 2 aromatic rings. The molecule has 1 aliphatic heterocycles. The van der Waals surface area contributed by atoms with Crippen molar-refractivity contribution in [3.05, 3.63) is 53.6 Å². The van der Waals surface area contributed by atoms with E-state index in [1.165, 1.54) is 16.8 Å². The van der Waals surface area contributed by atoms with Crippen molar-refractivity contribution in [2.45, 2.75) is 45.1 Å². The SMILES string of the molecule is CCOc1cc(C2=NN(Cc3ccc(NC(=O)OC(C)CN(C)C)cc3)C(=O)SC2CC)ccc1OC. The van der Waals surface area contributed by atoms with Crippen molar-refractivity contribution < 1.29 is 23.8 Å². The molecule has 0 radical (unpaired) electrons. The average molecular weight is 529 g/mol. The summed E-state index contributed by atoms with van der Waals surface area (Å²) in [6, 6.07) is 13.0. The number of nitrogens with zero attached hydrogens (tertiary/aromatic N) is 3. The van der Waals surface area contributed by atoms with Crippen LogP contribution in [0.2, 0.25) is 0 Å². The smallest absolute Gasteiger partial charge is 0.411 e. The second-order valence-electron chi connectivity index (χ2n) is 8.92. The molecule has 0 bridgehead atoms. The summed E-state index contributed by atoms with van der Waals surface area (Å²) in [6.07, 6.45) is 0.0320. The van der Waals surface area contributed by atoms with Crippen LogP contribution in [0.5, 0.6) is 11.5 Å². The number of methoxy groups -OCH3 is 1. The lowest BCUT2D eigenvalue weighted by molar-refractivity contribution is 0.103. The number of hydrazone groups is 1. The Labute approximate surface area is 223 Å². The number of thioether (sulfide) groups is 1. The number of likely N-dealkylation sites (N-methyl/N-ethyl adjacent to an activating group) is 1. The second-order valence-corrected chi connectivity index (χ2v) is 10.1. The summed E-state index contributed by atoms with van der Waals surface area (Å²) in [4.78, 5) is 27.0. The molecule has 2 aromatic carbocycles. The van der Waals surface area contributed by atoms with Crippen molar-refractivity contribution in [3.63, 3.8) is 0 Å². The number of hydrogen-bond donors (Lipinski definition) is 1. The van der Waals surface area contributed by atoms with Gasteiger partial charge in [0.1, 0.15) is 6.10 Å². The van der Waals surface area contributed by atoms with E-state index in [1.807, 2.05) is 70.1 Å². The van der Waals surface area contributed by atoms with Crippen molar-refractivity contribution >= 4 is 34.5 Å². The number of benzene rings is 2. The highest BCUT2D eigenvalue weighted by atomic mass is 32.2. The molecule has 0 spiro atoms. The first-order valence-electron chi connectivity index (χ1n) is 12.3. The largest absolute Gasteiger partial charge is 0.493 e. The third-order valence-corrected chi connectivity index (χ3v) is 6.83. The van der Waals surface area contributed by atoms with E-state index in [2.05, 4.69) is 5.32 Å². The maximum absolute atomic E-state index is 12.9. The van der Waals surface area contributed by atoms with Gasteiger partial charge in [-0.2, -0.15) is 5.10 Å². The number of hydrogen-bond acceptors (Lipinski definition) is 8. The molecule has 2 atom stereocenters. The van der Waals surface area contributed by atoms with Gasteiger partial charge in [-0.25, -0.2) is 9.80 Å². The third-order valence-electron chi connectivity index (χ3n) is 5.58. The van der Waals surface area contributed by atoms with Crippen molar-refractivity contribution in [1.29, 1.82) is 0 Å². The van der Waals surface area contributed by atoms with Crippen LogP contribution >= 0.6 is 11.8 Å². The van der Waals surface area contributed by atoms with Gasteiger partial charge < -0.3 is 19.1 Å². The summed E-state index contributed by atoms with van der Waals surface area (Å²) < 4.78 is 16.5. The monoisotopic (exact) mass is 528 g/mol. The van der Waals surface area contributed by atoms with Gasteiger partial charge in [-0.1, -0.05) is 30.8 Å². The van der Waals surface area contributed by atoms with Crippen LogP contribution in [-0.4, -0.2) is 72.7 Å². The number of rotatable bonds is 11. The first-order valence-corrected chi connectivity index (χ1v) is 13.2. The van der Waals surface area contributed by atoms with Gasteiger partial charge >= 0.3 is 11.3 Å². The van der Waals surface area contributed by atoms with E-state index in [0.717, 1.165) is 23.3 Å².